The van der Waals surface area contributed by atoms with Crippen molar-refractivity contribution in [1.29, 1.82) is 0 Å². The zero-order valence-corrected chi connectivity index (χ0v) is 14.7. The molecule has 1 atom stereocenters. The van der Waals surface area contributed by atoms with Gasteiger partial charge in [-0.05, 0) is 40.5 Å². The second kappa shape index (κ2) is 6.30. The van der Waals surface area contributed by atoms with E-state index in [1.54, 1.807) is 17.3 Å². The first kappa shape index (κ1) is 16.5. The van der Waals surface area contributed by atoms with Gasteiger partial charge in [-0.25, -0.2) is 14.8 Å². The monoisotopic (exact) mass is 332 g/mol. The SMILES string of the molecule is Cc1cnc2c(OC3CCCN(C(=O)OC(C)(C)C)C3)nccn12. The summed E-state index contributed by atoms with van der Waals surface area (Å²) in [5.41, 5.74) is 1.23. The van der Waals surface area contributed by atoms with E-state index in [9.17, 15) is 4.79 Å². The van der Waals surface area contributed by atoms with Crippen molar-refractivity contribution in [2.45, 2.75) is 52.2 Å². The van der Waals surface area contributed by atoms with E-state index >= 15 is 0 Å². The van der Waals surface area contributed by atoms with E-state index in [2.05, 4.69) is 9.97 Å². The average Bonchev–Trinajstić information content (AvgIpc) is 2.89. The molecule has 24 heavy (non-hydrogen) atoms. The van der Waals surface area contributed by atoms with E-state index < -0.39 is 5.60 Å². The van der Waals surface area contributed by atoms with Gasteiger partial charge in [0, 0.05) is 30.8 Å². The van der Waals surface area contributed by atoms with Crippen molar-refractivity contribution in [3.8, 4) is 5.88 Å². The van der Waals surface area contributed by atoms with Crippen LogP contribution >= 0.6 is 0 Å². The zero-order valence-electron chi connectivity index (χ0n) is 14.7. The molecule has 2 aromatic heterocycles. The Morgan fingerprint density at radius 2 is 2.12 bits per heavy atom. The lowest BCUT2D eigenvalue weighted by atomic mass is 10.1. The van der Waals surface area contributed by atoms with Gasteiger partial charge in [0.05, 0.1) is 6.54 Å². The number of amides is 1. The molecule has 0 radical (unpaired) electrons. The molecule has 7 heteroatoms. The van der Waals surface area contributed by atoms with Crippen molar-refractivity contribution < 1.29 is 14.3 Å². The van der Waals surface area contributed by atoms with Gasteiger partial charge in [-0.2, -0.15) is 0 Å². The lowest BCUT2D eigenvalue weighted by Gasteiger charge is -2.33. The molecule has 1 amide bonds. The third kappa shape index (κ3) is 3.60. The molecule has 1 aliphatic heterocycles. The highest BCUT2D eigenvalue weighted by Gasteiger charge is 2.29. The summed E-state index contributed by atoms with van der Waals surface area (Å²) in [5, 5.41) is 0. The summed E-state index contributed by atoms with van der Waals surface area (Å²) in [6, 6.07) is 0. The minimum absolute atomic E-state index is 0.109. The highest BCUT2D eigenvalue weighted by molar-refractivity contribution is 5.68. The lowest BCUT2D eigenvalue weighted by molar-refractivity contribution is 0.00736. The Bertz CT molecular complexity index is 735. The largest absolute Gasteiger partial charge is 0.470 e. The molecule has 3 rings (SSSR count). The number of aryl methyl sites for hydroxylation is 1. The van der Waals surface area contributed by atoms with Crippen LogP contribution in [0.25, 0.3) is 5.65 Å². The molecule has 0 saturated carbocycles. The van der Waals surface area contributed by atoms with Crippen LogP contribution in [-0.2, 0) is 4.74 Å². The number of piperidine rings is 1. The van der Waals surface area contributed by atoms with Gasteiger partial charge in [0.1, 0.15) is 11.7 Å². The predicted octanol–water partition coefficient (Wildman–Crippen LogP) is 2.82. The van der Waals surface area contributed by atoms with Crippen LogP contribution in [0.4, 0.5) is 4.79 Å². The third-order valence-corrected chi connectivity index (χ3v) is 3.89. The molecule has 3 heterocycles. The number of carbonyl (C=O) groups excluding carboxylic acids is 1. The van der Waals surface area contributed by atoms with Gasteiger partial charge in [0.25, 0.3) is 5.88 Å². The topological polar surface area (TPSA) is 69.0 Å². The van der Waals surface area contributed by atoms with Gasteiger partial charge in [0.2, 0.25) is 5.65 Å². The van der Waals surface area contributed by atoms with Crippen LogP contribution in [-0.4, -0.2) is 50.2 Å². The number of carbonyl (C=O) groups is 1. The fourth-order valence-electron chi connectivity index (χ4n) is 2.79. The number of nitrogens with zero attached hydrogens (tertiary/aromatic N) is 4. The van der Waals surface area contributed by atoms with E-state index in [4.69, 9.17) is 9.47 Å². The van der Waals surface area contributed by atoms with Crippen LogP contribution in [0.15, 0.2) is 18.6 Å². The second-order valence-electron chi connectivity index (χ2n) is 7.13. The number of hydrogen-bond donors (Lipinski definition) is 0. The smallest absolute Gasteiger partial charge is 0.410 e. The van der Waals surface area contributed by atoms with E-state index in [1.807, 2.05) is 38.3 Å². The molecule has 1 unspecified atom stereocenters. The van der Waals surface area contributed by atoms with E-state index in [0.29, 0.717) is 24.6 Å². The summed E-state index contributed by atoms with van der Waals surface area (Å²) in [7, 11) is 0. The van der Waals surface area contributed by atoms with Gasteiger partial charge in [-0.1, -0.05) is 0 Å². The first-order valence-corrected chi connectivity index (χ1v) is 8.27. The molecule has 2 aromatic rings. The maximum absolute atomic E-state index is 12.2. The van der Waals surface area contributed by atoms with E-state index in [-0.39, 0.29) is 12.2 Å². The van der Waals surface area contributed by atoms with E-state index in [0.717, 1.165) is 18.5 Å². The Labute approximate surface area is 141 Å². The number of aromatic nitrogens is 3. The molecule has 1 saturated heterocycles. The fourth-order valence-corrected chi connectivity index (χ4v) is 2.79. The number of likely N-dealkylation sites (tertiary alicyclic amines) is 1. The van der Waals surface area contributed by atoms with Crippen LogP contribution in [0.5, 0.6) is 5.88 Å². The van der Waals surface area contributed by atoms with Gasteiger partial charge in [-0.15, -0.1) is 0 Å². The number of rotatable bonds is 2. The van der Waals surface area contributed by atoms with Crippen molar-refractivity contribution in [3.63, 3.8) is 0 Å². The molecule has 0 aromatic carbocycles. The Balaban J connectivity index is 1.70. The summed E-state index contributed by atoms with van der Waals surface area (Å²) in [5.74, 6) is 0.502. The average molecular weight is 332 g/mol. The Morgan fingerprint density at radius 1 is 1.33 bits per heavy atom. The van der Waals surface area contributed by atoms with Crippen molar-refractivity contribution in [1.82, 2.24) is 19.3 Å². The lowest BCUT2D eigenvalue weighted by Crippen LogP contribution is -2.46. The summed E-state index contributed by atoms with van der Waals surface area (Å²) in [6.45, 7) is 8.77. The van der Waals surface area contributed by atoms with Gasteiger partial charge in [0.15, 0.2) is 0 Å². The molecule has 0 spiro atoms. The van der Waals surface area contributed by atoms with Crippen molar-refractivity contribution in [3.05, 3.63) is 24.3 Å². The van der Waals surface area contributed by atoms with Crippen LogP contribution in [0.2, 0.25) is 0 Å². The van der Waals surface area contributed by atoms with Crippen LogP contribution in [0, 0.1) is 6.92 Å². The molecule has 0 N–H and O–H groups in total. The van der Waals surface area contributed by atoms with Crippen LogP contribution in [0.1, 0.15) is 39.3 Å². The Hall–Kier alpha value is -2.31. The number of ether oxygens (including phenoxy) is 2. The fraction of sp³-hybridized carbons (Fsp3) is 0.588. The molecule has 1 fully saturated rings. The molecule has 0 aliphatic carbocycles. The third-order valence-electron chi connectivity index (χ3n) is 3.89. The molecule has 0 bridgehead atoms. The Morgan fingerprint density at radius 3 is 2.88 bits per heavy atom. The molecule has 130 valence electrons. The summed E-state index contributed by atoms with van der Waals surface area (Å²) in [4.78, 5) is 22.6. The quantitative estimate of drug-likeness (QED) is 0.846. The number of hydrogen-bond acceptors (Lipinski definition) is 5. The highest BCUT2D eigenvalue weighted by Crippen LogP contribution is 2.22. The van der Waals surface area contributed by atoms with Gasteiger partial charge >= 0.3 is 6.09 Å². The Kier molecular flexibility index (Phi) is 4.34. The van der Waals surface area contributed by atoms with Crippen molar-refractivity contribution >= 4 is 11.7 Å². The number of imidazole rings is 1. The zero-order chi connectivity index (χ0) is 17.3. The van der Waals surface area contributed by atoms with E-state index in [1.165, 1.54) is 0 Å². The van der Waals surface area contributed by atoms with Crippen LogP contribution < -0.4 is 4.74 Å². The molecule has 1 aliphatic rings. The molecular formula is C17H24N4O3. The van der Waals surface area contributed by atoms with Gasteiger partial charge in [-0.3, -0.25) is 4.40 Å². The van der Waals surface area contributed by atoms with Crippen LogP contribution in [0.3, 0.4) is 0 Å². The highest BCUT2D eigenvalue weighted by atomic mass is 16.6. The number of fused-ring (bicyclic) bond motifs is 1. The molecule has 7 nitrogen and oxygen atoms in total. The molecular weight excluding hydrogens is 308 g/mol. The second-order valence-corrected chi connectivity index (χ2v) is 7.13. The summed E-state index contributed by atoms with van der Waals surface area (Å²) in [6.07, 6.45) is 6.70. The standard InChI is InChI=1S/C17H24N4O3/c1-12-10-19-14-15(18-7-9-21(12)14)23-13-6-5-8-20(11-13)16(22)24-17(2,3)4/h7,9-10,13H,5-6,8,11H2,1-4H3. The predicted molar refractivity (Wildman–Crippen MR) is 89.2 cm³/mol. The minimum Gasteiger partial charge on any atom is -0.470 e. The van der Waals surface area contributed by atoms with Crippen molar-refractivity contribution in [2.75, 3.05) is 13.1 Å². The first-order chi connectivity index (χ1) is 11.3. The minimum atomic E-state index is -0.495. The first-order valence-electron chi connectivity index (χ1n) is 8.27. The maximum atomic E-state index is 12.2. The van der Waals surface area contributed by atoms with Crippen molar-refractivity contribution in [2.24, 2.45) is 0 Å². The summed E-state index contributed by atoms with van der Waals surface area (Å²) < 4.78 is 13.4. The normalized spacial score (nSPS) is 18.7. The van der Waals surface area contributed by atoms with Gasteiger partial charge < -0.3 is 14.4 Å². The maximum Gasteiger partial charge on any atom is 0.410 e. The summed E-state index contributed by atoms with van der Waals surface area (Å²) >= 11 is 0.